The van der Waals surface area contributed by atoms with Gasteiger partial charge in [-0.1, -0.05) is 12.1 Å². The number of carbonyl (C=O) groups excluding carboxylic acids is 2. The lowest BCUT2D eigenvalue weighted by Crippen LogP contribution is -2.33. The maximum atomic E-state index is 12.7. The molecule has 0 aliphatic carbocycles. The fraction of sp³-hybridized carbons (Fsp3) is 0.478. The minimum absolute atomic E-state index is 0.124. The van der Waals surface area contributed by atoms with Crippen LogP contribution in [0.4, 0.5) is 13.2 Å². The predicted octanol–water partition coefficient (Wildman–Crippen LogP) is 3.05. The van der Waals surface area contributed by atoms with Gasteiger partial charge in [-0.3, -0.25) is 9.59 Å². The first-order valence-electron chi connectivity index (χ1n) is 11.2. The number of amides is 2. The Hall–Kier alpha value is -3.37. The van der Waals surface area contributed by atoms with Crippen LogP contribution in [0.25, 0.3) is 6.08 Å². The van der Waals surface area contributed by atoms with Crippen molar-refractivity contribution in [1.82, 2.24) is 25.2 Å². The molecule has 0 saturated carbocycles. The number of alkyl halides is 3. The van der Waals surface area contributed by atoms with Gasteiger partial charge >= 0.3 is 6.36 Å². The minimum atomic E-state index is -4.74. The Morgan fingerprint density at radius 3 is 2.35 bits per heavy atom. The number of aromatic amines is 1. The topological polar surface area (TPSA) is 91.4 Å². The lowest BCUT2D eigenvalue weighted by Gasteiger charge is -2.21. The lowest BCUT2D eigenvalue weighted by atomic mass is 9.92. The fourth-order valence-corrected chi connectivity index (χ4v) is 4.56. The number of halogens is 3. The maximum Gasteiger partial charge on any atom is 0.573 e. The van der Waals surface area contributed by atoms with Gasteiger partial charge in [-0.2, -0.15) is 15.4 Å². The number of aryl methyl sites for hydroxylation is 1. The van der Waals surface area contributed by atoms with Gasteiger partial charge in [0, 0.05) is 45.1 Å². The van der Waals surface area contributed by atoms with Crippen molar-refractivity contribution in [2.24, 2.45) is 11.8 Å². The molecule has 2 fully saturated rings. The summed E-state index contributed by atoms with van der Waals surface area (Å²) in [5, 5.41) is 10.3. The van der Waals surface area contributed by atoms with Crippen LogP contribution >= 0.6 is 0 Å². The number of benzene rings is 1. The standard InChI is InChI=1S/C23H26F3N5O3/c24-23(25,26)34-20-5-1-16(2-6-20)3-7-21(32)30-11-9-17-14-31(15-18(17)10-12-30)22(33)8-4-19-13-27-29-28-19/h1-3,5-7,13,17-18H,4,8-12,14-15H2,(H,27,28,29)/b7-3+/t17-,18+. The van der Waals surface area contributed by atoms with Gasteiger partial charge in [0.2, 0.25) is 11.8 Å². The van der Waals surface area contributed by atoms with Crippen molar-refractivity contribution in [3.8, 4) is 5.75 Å². The molecule has 3 heterocycles. The van der Waals surface area contributed by atoms with Gasteiger partial charge in [-0.15, -0.1) is 13.2 Å². The monoisotopic (exact) mass is 477 g/mol. The molecule has 2 aliphatic rings. The highest BCUT2D eigenvalue weighted by molar-refractivity contribution is 5.91. The van der Waals surface area contributed by atoms with E-state index in [1.54, 1.807) is 17.2 Å². The van der Waals surface area contributed by atoms with Crippen molar-refractivity contribution in [3.05, 3.63) is 47.8 Å². The summed E-state index contributed by atoms with van der Waals surface area (Å²) in [5.74, 6) is 0.438. The molecule has 34 heavy (non-hydrogen) atoms. The van der Waals surface area contributed by atoms with Gasteiger partial charge in [0.25, 0.3) is 0 Å². The molecule has 1 aromatic carbocycles. The number of hydrogen-bond donors (Lipinski definition) is 1. The van der Waals surface area contributed by atoms with E-state index in [1.807, 2.05) is 4.90 Å². The van der Waals surface area contributed by atoms with Gasteiger partial charge < -0.3 is 14.5 Å². The largest absolute Gasteiger partial charge is 0.573 e. The van der Waals surface area contributed by atoms with Crippen molar-refractivity contribution >= 4 is 17.9 Å². The fourth-order valence-electron chi connectivity index (χ4n) is 4.56. The quantitative estimate of drug-likeness (QED) is 0.646. The van der Waals surface area contributed by atoms with Crippen LogP contribution in [0.2, 0.25) is 0 Å². The summed E-state index contributed by atoms with van der Waals surface area (Å²) in [4.78, 5) is 29.0. The molecular formula is C23H26F3N5O3. The van der Waals surface area contributed by atoms with Crippen LogP contribution < -0.4 is 4.74 Å². The zero-order valence-electron chi connectivity index (χ0n) is 18.5. The minimum Gasteiger partial charge on any atom is -0.406 e. The number of H-pyrrole nitrogens is 1. The highest BCUT2D eigenvalue weighted by Crippen LogP contribution is 2.32. The zero-order chi connectivity index (χ0) is 24.1. The molecule has 8 nitrogen and oxygen atoms in total. The first kappa shape index (κ1) is 23.8. The second kappa shape index (κ2) is 10.3. The van der Waals surface area contributed by atoms with E-state index in [4.69, 9.17) is 0 Å². The Bertz CT molecular complexity index is 992. The van der Waals surface area contributed by atoms with Gasteiger partial charge in [0.05, 0.1) is 11.9 Å². The number of hydrogen-bond acceptors (Lipinski definition) is 5. The van der Waals surface area contributed by atoms with E-state index < -0.39 is 6.36 Å². The summed E-state index contributed by atoms with van der Waals surface area (Å²) < 4.78 is 40.6. The van der Waals surface area contributed by atoms with E-state index in [0.29, 0.717) is 56.4 Å². The number of fused-ring (bicyclic) bond motifs is 1. The second-order valence-electron chi connectivity index (χ2n) is 8.63. The van der Waals surface area contributed by atoms with Gasteiger partial charge in [-0.05, 0) is 48.4 Å². The van der Waals surface area contributed by atoms with Crippen LogP contribution in [0.15, 0.2) is 36.5 Å². The van der Waals surface area contributed by atoms with Crippen LogP contribution in [-0.4, -0.2) is 69.6 Å². The first-order chi connectivity index (χ1) is 16.3. The Labute approximate surface area is 194 Å². The normalized spacial score (nSPS) is 20.9. The molecule has 2 atom stereocenters. The summed E-state index contributed by atoms with van der Waals surface area (Å²) in [5.41, 5.74) is 1.38. The van der Waals surface area contributed by atoms with Crippen molar-refractivity contribution in [2.75, 3.05) is 26.2 Å². The number of likely N-dealkylation sites (tertiary alicyclic amines) is 2. The SMILES string of the molecule is O=C(/C=C/c1ccc(OC(F)(F)F)cc1)N1CC[C@@H]2CN(C(=O)CCc3cn[nH]n3)C[C@@H]2CC1. The molecule has 11 heteroatoms. The lowest BCUT2D eigenvalue weighted by molar-refractivity contribution is -0.274. The number of aromatic nitrogens is 3. The Balaban J connectivity index is 1.24. The van der Waals surface area contributed by atoms with Crippen molar-refractivity contribution in [3.63, 3.8) is 0 Å². The molecule has 4 rings (SSSR count). The Kier molecular flexibility index (Phi) is 7.18. The summed E-state index contributed by atoms with van der Waals surface area (Å²) >= 11 is 0. The molecule has 0 bridgehead atoms. The molecule has 2 saturated heterocycles. The molecule has 1 N–H and O–H groups in total. The van der Waals surface area contributed by atoms with E-state index in [9.17, 15) is 22.8 Å². The van der Waals surface area contributed by atoms with E-state index in [2.05, 4.69) is 20.1 Å². The summed E-state index contributed by atoms with van der Waals surface area (Å²) in [6.45, 7) is 2.66. The average molecular weight is 477 g/mol. The van der Waals surface area contributed by atoms with Crippen LogP contribution in [0.5, 0.6) is 5.75 Å². The van der Waals surface area contributed by atoms with E-state index in [0.717, 1.165) is 18.5 Å². The molecule has 1 aromatic heterocycles. The average Bonchev–Trinajstić information content (AvgIpc) is 3.42. The predicted molar refractivity (Wildman–Crippen MR) is 116 cm³/mol. The van der Waals surface area contributed by atoms with Crippen LogP contribution in [0.3, 0.4) is 0 Å². The van der Waals surface area contributed by atoms with Gasteiger partial charge in [0.15, 0.2) is 0 Å². The molecule has 182 valence electrons. The molecule has 0 radical (unpaired) electrons. The molecular weight excluding hydrogens is 451 g/mol. The van der Waals surface area contributed by atoms with Gasteiger partial charge in [-0.25, -0.2) is 0 Å². The number of carbonyl (C=O) groups is 2. The third kappa shape index (κ3) is 6.36. The van der Waals surface area contributed by atoms with E-state index in [-0.39, 0.29) is 17.6 Å². The highest BCUT2D eigenvalue weighted by atomic mass is 19.4. The van der Waals surface area contributed by atoms with Crippen molar-refractivity contribution in [1.29, 1.82) is 0 Å². The van der Waals surface area contributed by atoms with Crippen molar-refractivity contribution in [2.45, 2.75) is 32.0 Å². The molecule has 2 amide bonds. The highest BCUT2D eigenvalue weighted by Gasteiger charge is 2.37. The Morgan fingerprint density at radius 1 is 1.09 bits per heavy atom. The number of nitrogens with zero attached hydrogens (tertiary/aromatic N) is 4. The smallest absolute Gasteiger partial charge is 0.406 e. The van der Waals surface area contributed by atoms with Crippen LogP contribution in [-0.2, 0) is 16.0 Å². The summed E-state index contributed by atoms with van der Waals surface area (Å²) in [7, 11) is 0. The van der Waals surface area contributed by atoms with Crippen molar-refractivity contribution < 1.29 is 27.5 Å². The maximum absolute atomic E-state index is 12.7. The van der Waals surface area contributed by atoms with Gasteiger partial charge in [0.1, 0.15) is 5.75 Å². The first-order valence-corrected chi connectivity index (χ1v) is 11.2. The molecule has 2 aromatic rings. The third-order valence-corrected chi connectivity index (χ3v) is 6.37. The number of nitrogens with one attached hydrogen (secondary N) is 1. The summed E-state index contributed by atoms with van der Waals surface area (Å²) in [6, 6.07) is 5.35. The number of rotatable bonds is 6. The van der Waals surface area contributed by atoms with E-state index in [1.165, 1.54) is 30.3 Å². The Morgan fingerprint density at radius 2 is 1.76 bits per heavy atom. The second-order valence-corrected chi connectivity index (χ2v) is 8.63. The van der Waals surface area contributed by atoms with E-state index >= 15 is 0 Å². The third-order valence-electron chi connectivity index (χ3n) is 6.37. The zero-order valence-corrected chi connectivity index (χ0v) is 18.5. The van der Waals surface area contributed by atoms with Crippen LogP contribution in [0, 0.1) is 11.8 Å². The summed E-state index contributed by atoms with van der Waals surface area (Å²) in [6.07, 6.45) is 2.56. The molecule has 0 unspecified atom stereocenters. The molecule has 2 aliphatic heterocycles. The van der Waals surface area contributed by atoms with Crippen LogP contribution in [0.1, 0.15) is 30.5 Å². The number of ether oxygens (including phenoxy) is 1. The molecule has 0 spiro atoms.